The number of nitrogens with one attached hydrogen (secondary N) is 2. The second-order valence-corrected chi connectivity index (χ2v) is 8.22. The summed E-state index contributed by atoms with van der Waals surface area (Å²) in [6, 6.07) is 3.02. The Morgan fingerprint density at radius 1 is 1.36 bits per heavy atom. The molecule has 152 valence electrons. The van der Waals surface area contributed by atoms with E-state index in [4.69, 9.17) is 32.7 Å². The third-order valence-corrected chi connectivity index (χ3v) is 6.20. The SMILES string of the molecule is COC1C=C(OCC(F)F)C=NC1NS(=O)(=O)c1c[nH]c2c(Cl)c(Cl)ccc12. The lowest BCUT2D eigenvalue weighted by atomic mass is 10.2. The van der Waals surface area contributed by atoms with Gasteiger partial charge in [-0.1, -0.05) is 23.2 Å². The zero-order chi connectivity index (χ0) is 20.5. The van der Waals surface area contributed by atoms with Gasteiger partial charge in [0.2, 0.25) is 10.0 Å². The highest BCUT2D eigenvalue weighted by molar-refractivity contribution is 7.89. The number of ether oxygens (including phenoxy) is 2. The van der Waals surface area contributed by atoms with Crippen molar-refractivity contribution in [1.82, 2.24) is 9.71 Å². The summed E-state index contributed by atoms with van der Waals surface area (Å²) >= 11 is 12.0. The van der Waals surface area contributed by atoms with E-state index in [1.54, 1.807) is 0 Å². The molecule has 1 aromatic carbocycles. The first-order chi connectivity index (χ1) is 13.2. The van der Waals surface area contributed by atoms with Crippen molar-refractivity contribution in [1.29, 1.82) is 0 Å². The highest BCUT2D eigenvalue weighted by Gasteiger charge is 2.30. The average molecular weight is 454 g/mol. The summed E-state index contributed by atoms with van der Waals surface area (Å²) in [7, 11) is -2.69. The van der Waals surface area contributed by atoms with Crippen LogP contribution in [0.2, 0.25) is 10.0 Å². The number of H-pyrrole nitrogens is 1. The van der Waals surface area contributed by atoms with Gasteiger partial charge >= 0.3 is 0 Å². The second kappa shape index (κ2) is 8.34. The van der Waals surface area contributed by atoms with Crippen LogP contribution in [0.5, 0.6) is 0 Å². The van der Waals surface area contributed by atoms with Crippen LogP contribution < -0.4 is 4.72 Å². The molecule has 0 fully saturated rings. The van der Waals surface area contributed by atoms with Crippen LogP contribution in [0, 0.1) is 0 Å². The molecule has 0 bridgehead atoms. The van der Waals surface area contributed by atoms with E-state index in [0.717, 1.165) is 6.21 Å². The normalized spacial score (nSPS) is 20.0. The van der Waals surface area contributed by atoms with Gasteiger partial charge in [-0.25, -0.2) is 17.2 Å². The first-order valence-electron chi connectivity index (χ1n) is 7.89. The van der Waals surface area contributed by atoms with Crippen LogP contribution in [-0.4, -0.2) is 52.0 Å². The van der Waals surface area contributed by atoms with E-state index in [-0.39, 0.29) is 20.7 Å². The molecule has 2 atom stereocenters. The zero-order valence-corrected chi connectivity index (χ0v) is 16.7. The van der Waals surface area contributed by atoms with Crippen molar-refractivity contribution >= 4 is 50.3 Å². The third kappa shape index (κ3) is 4.31. The molecule has 2 unspecified atom stereocenters. The third-order valence-electron chi connectivity index (χ3n) is 3.92. The van der Waals surface area contributed by atoms with E-state index in [1.165, 1.54) is 31.5 Å². The second-order valence-electron chi connectivity index (χ2n) is 5.75. The summed E-state index contributed by atoms with van der Waals surface area (Å²) in [5.74, 6) is 0.0658. The zero-order valence-electron chi connectivity index (χ0n) is 14.3. The number of hydrogen-bond donors (Lipinski definition) is 2. The Morgan fingerprint density at radius 2 is 2.11 bits per heavy atom. The summed E-state index contributed by atoms with van der Waals surface area (Å²) in [5, 5.41) is 0.840. The fourth-order valence-electron chi connectivity index (χ4n) is 2.63. The standard InChI is InChI=1S/C16H15Cl2F2N3O4S/c1-26-11-4-8(27-7-13(19)20)5-22-16(11)23-28(24,25)12-6-21-15-9(12)2-3-10(17)14(15)18/h2-6,11,13,16,21,23H,7H2,1H3. The molecule has 0 radical (unpaired) electrons. The minimum atomic E-state index is -4.03. The Hall–Kier alpha value is -1.72. The molecule has 0 aliphatic carbocycles. The molecular weight excluding hydrogens is 439 g/mol. The number of hydrogen-bond acceptors (Lipinski definition) is 5. The monoisotopic (exact) mass is 453 g/mol. The molecule has 1 aromatic heterocycles. The number of allylic oxidation sites excluding steroid dienone is 1. The predicted molar refractivity (Wildman–Crippen MR) is 102 cm³/mol. The quantitative estimate of drug-likeness (QED) is 0.672. The van der Waals surface area contributed by atoms with Crippen LogP contribution in [0.4, 0.5) is 8.78 Å². The van der Waals surface area contributed by atoms with E-state index < -0.39 is 35.3 Å². The Kier molecular flexibility index (Phi) is 6.25. The van der Waals surface area contributed by atoms with Gasteiger partial charge < -0.3 is 14.5 Å². The highest BCUT2D eigenvalue weighted by Crippen LogP contribution is 2.33. The molecule has 0 spiro atoms. The summed E-state index contributed by atoms with van der Waals surface area (Å²) < 4.78 is 62.7. The number of fused-ring (bicyclic) bond motifs is 1. The number of alkyl halides is 2. The van der Waals surface area contributed by atoms with Gasteiger partial charge in [-0.05, 0) is 18.2 Å². The maximum absolute atomic E-state index is 12.8. The largest absolute Gasteiger partial charge is 0.486 e. The molecule has 3 rings (SSSR count). The van der Waals surface area contributed by atoms with Crippen LogP contribution in [0.3, 0.4) is 0 Å². The lowest BCUT2D eigenvalue weighted by molar-refractivity contribution is 0.0501. The van der Waals surface area contributed by atoms with Crippen molar-refractivity contribution in [2.75, 3.05) is 13.7 Å². The van der Waals surface area contributed by atoms with Gasteiger partial charge in [0.15, 0.2) is 0 Å². The number of dihydropyridines is 1. The van der Waals surface area contributed by atoms with Crippen molar-refractivity contribution < 1.29 is 26.7 Å². The van der Waals surface area contributed by atoms with Gasteiger partial charge in [-0.15, -0.1) is 0 Å². The number of aromatic nitrogens is 1. The maximum atomic E-state index is 12.8. The average Bonchev–Trinajstić information content (AvgIpc) is 3.09. The fraction of sp³-hybridized carbons (Fsp3) is 0.312. The molecule has 28 heavy (non-hydrogen) atoms. The topological polar surface area (TPSA) is 92.8 Å². The molecule has 0 amide bonds. The van der Waals surface area contributed by atoms with Crippen molar-refractivity contribution in [2.45, 2.75) is 23.6 Å². The molecule has 2 heterocycles. The minimum Gasteiger partial charge on any atom is -0.486 e. The molecule has 2 aromatic rings. The Labute approximate surface area is 169 Å². The van der Waals surface area contributed by atoms with Crippen LogP contribution in [-0.2, 0) is 19.5 Å². The van der Waals surface area contributed by atoms with Gasteiger partial charge in [0.1, 0.15) is 29.5 Å². The molecule has 12 heteroatoms. The number of aliphatic imine (C=N–C) groups is 1. The molecular formula is C16H15Cl2F2N3O4S. The van der Waals surface area contributed by atoms with Gasteiger partial charge in [0.05, 0.1) is 21.8 Å². The fourth-order valence-corrected chi connectivity index (χ4v) is 4.32. The molecule has 7 nitrogen and oxygen atoms in total. The first-order valence-corrected chi connectivity index (χ1v) is 10.1. The number of halogens is 4. The van der Waals surface area contributed by atoms with Crippen LogP contribution in [0.25, 0.3) is 10.9 Å². The van der Waals surface area contributed by atoms with Crippen LogP contribution in [0.1, 0.15) is 0 Å². The van der Waals surface area contributed by atoms with Crippen LogP contribution >= 0.6 is 23.2 Å². The van der Waals surface area contributed by atoms with Gasteiger partial charge in [0.25, 0.3) is 6.43 Å². The smallest absolute Gasteiger partial charge is 0.272 e. The van der Waals surface area contributed by atoms with E-state index in [1.807, 2.05) is 0 Å². The number of benzene rings is 1. The summed E-state index contributed by atoms with van der Waals surface area (Å²) in [4.78, 5) is 6.76. The van der Waals surface area contributed by atoms with E-state index in [0.29, 0.717) is 10.9 Å². The molecule has 0 saturated heterocycles. The minimum absolute atomic E-state index is 0.0464. The number of sulfonamides is 1. The van der Waals surface area contributed by atoms with Gasteiger partial charge in [-0.3, -0.25) is 4.99 Å². The van der Waals surface area contributed by atoms with Crippen molar-refractivity contribution in [3.63, 3.8) is 0 Å². The lowest BCUT2D eigenvalue weighted by Crippen LogP contribution is -2.43. The maximum Gasteiger partial charge on any atom is 0.272 e. The lowest BCUT2D eigenvalue weighted by Gasteiger charge is -2.24. The highest BCUT2D eigenvalue weighted by atomic mass is 35.5. The molecule has 2 N–H and O–H groups in total. The van der Waals surface area contributed by atoms with Crippen LogP contribution in [0.15, 0.2) is 40.1 Å². The molecule has 0 saturated carbocycles. The Bertz CT molecular complexity index is 1040. The van der Waals surface area contributed by atoms with E-state index in [9.17, 15) is 17.2 Å². The van der Waals surface area contributed by atoms with E-state index >= 15 is 0 Å². The number of aromatic amines is 1. The summed E-state index contributed by atoms with van der Waals surface area (Å²) in [5.41, 5.74) is 0.382. The molecule has 1 aliphatic heterocycles. The molecule has 1 aliphatic rings. The van der Waals surface area contributed by atoms with Crippen molar-refractivity contribution in [3.8, 4) is 0 Å². The predicted octanol–water partition coefficient (Wildman–Crippen LogP) is 3.34. The summed E-state index contributed by atoms with van der Waals surface area (Å²) in [6.07, 6.45) is -0.687. The number of nitrogens with zero attached hydrogens (tertiary/aromatic N) is 1. The van der Waals surface area contributed by atoms with Crippen molar-refractivity contribution in [3.05, 3.63) is 40.2 Å². The van der Waals surface area contributed by atoms with Gasteiger partial charge in [0, 0.05) is 18.7 Å². The van der Waals surface area contributed by atoms with Crippen molar-refractivity contribution in [2.24, 2.45) is 4.99 Å². The first kappa shape index (κ1) is 21.0. The Morgan fingerprint density at radius 3 is 2.79 bits per heavy atom. The van der Waals surface area contributed by atoms with Gasteiger partial charge in [-0.2, -0.15) is 4.72 Å². The number of methoxy groups -OCH3 is 1. The number of rotatable bonds is 7. The van der Waals surface area contributed by atoms with E-state index in [2.05, 4.69) is 14.7 Å². The summed E-state index contributed by atoms with van der Waals surface area (Å²) in [6.45, 7) is -0.802. The Balaban J connectivity index is 1.83.